The average Bonchev–Trinajstić information content (AvgIpc) is 3.09. The summed E-state index contributed by atoms with van der Waals surface area (Å²) in [6.45, 7) is 4.78. The van der Waals surface area contributed by atoms with Gasteiger partial charge in [-0.15, -0.1) is 11.3 Å². The highest BCUT2D eigenvalue weighted by molar-refractivity contribution is 7.09. The van der Waals surface area contributed by atoms with Crippen molar-refractivity contribution < 1.29 is 0 Å². The number of rotatable bonds is 5. The third kappa shape index (κ3) is 3.27. The van der Waals surface area contributed by atoms with E-state index in [2.05, 4.69) is 20.6 Å². The van der Waals surface area contributed by atoms with Crippen molar-refractivity contribution in [3.05, 3.63) is 16.6 Å². The molecule has 2 heterocycles. The molecule has 1 aliphatic heterocycles. The summed E-state index contributed by atoms with van der Waals surface area (Å²) in [5.74, 6) is 0.900. The van der Waals surface area contributed by atoms with Crippen LogP contribution in [0.15, 0.2) is 11.6 Å². The standard InChI is InChI=1S/C13H21N3S/c1-2-12(1)16(10-13-15-7-8-17-13)9-11-3-5-14-6-4-11/h7-8,11-12,14H,1-6,9-10H2. The van der Waals surface area contributed by atoms with Crippen LogP contribution in [-0.2, 0) is 6.54 Å². The quantitative estimate of drug-likeness (QED) is 0.869. The van der Waals surface area contributed by atoms with E-state index in [0.717, 1.165) is 18.5 Å². The van der Waals surface area contributed by atoms with Gasteiger partial charge >= 0.3 is 0 Å². The van der Waals surface area contributed by atoms with E-state index in [1.54, 1.807) is 11.3 Å². The van der Waals surface area contributed by atoms with Crippen LogP contribution in [0.25, 0.3) is 0 Å². The minimum atomic E-state index is 0.855. The largest absolute Gasteiger partial charge is 0.317 e. The Hall–Kier alpha value is -0.450. The topological polar surface area (TPSA) is 28.2 Å². The summed E-state index contributed by atoms with van der Waals surface area (Å²) in [4.78, 5) is 7.10. The molecule has 0 aromatic carbocycles. The van der Waals surface area contributed by atoms with Gasteiger partial charge in [-0.3, -0.25) is 4.90 Å². The first kappa shape index (κ1) is 11.6. The summed E-state index contributed by atoms with van der Waals surface area (Å²) in [7, 11) is 0. The molecule has 1 aliphatic carbocycles. The van der Waals surface area contributed by atoms with E-state index in [9.17, 15) is 0 Å². The van der Waals surface area contributed by atoms with Crippen LogP contribution in [0.3, 0.4) is 0 Å². The first-order valence-corrected chi connectivity index (χ1v) is 7.63. The third-order valence-corrected chi connectivity index (χ3v) is 4.60. The van der Waals surface area contributed by atoms with Gasteiger partial charge in [0.05, 0.1) is 6.54 Å². The number of hydrogen-bond acceptors (Lipinski definition) is 4. The Morgan fingerprint density at radius 3 is 2.76 bits per heavy atom. The van der Waals surface area contributed by atoms with Crippen LogP contribution in [-0.4, -0.2) is 35.6 Å². The SMILES string of the molecule is c1csc(CN(CC2CCNCC2)C2CC2)n1. The van der Waals surface area contributed by atoms with Gasteiger partial charge in [0, 0.05) is 24.2 Å². The molecule has 1 aromatic rings. The fourth-order valence-corrected chi connectivity index (χ4v) is 3.32. The van der Waals surface area contributed by atoms with E-state index >= 15 is 0 Å². The number of nitrogens with zero attached hydrogens (tertiary/aromatic N) is 2. The van der Waals surface area contributed by atoms with Crippen LogP contribution in [0.5, 0.6) is 0 Å². The molecule has 3 rings (SSSR count). The van der Waals surface area contributed by atoms with Gasteiger partial charge < -0.3 is 5.32 Å². The van der Waals surface area contributed by atoms with Crippen LogP contribution in [0.4, 0.5) is 0 Å². The molecule has 0 unspecified atom stereocenters. The summed E-state index contributed by atoms with van der Waals surface area (Å²) in [5, 5.41) is 6.82. The van der Waals surface area contributed by atoms with Gasteiger partial charge in [-0.1, -0.05) is 0 Å². The zero-order valence-electron chi connectivity index (χ0n) is 10.3. The fraction of sp³-hybridized carbons (Fsp3) is 0.769. The molecule has 1 saturated heterocycles. The van der Waals surface area contributed by atoms with E-state index in [0.29, 0.717) is 0 Å². The molecule has 0 radical (unpaired) electrons. The van der Waals surface area contributed by atoms with Crippen molar-refractivity contribution in [2.75, 3.05) is 19.6 Å². The Morgan fingerprint density at radius 1 is 1.29 bits per heavy atom. The predicted octanol–water partition coefficient (Wildman–Crippen LogP) is 2.11. The molecule has 1 N–H and O–H groups in total. The first-order valence-electron chi connectivity index (χ1n) is 6.75. The van der Waals surface area contributed by atoms with Crippen molar-refractivity contribution in [3.8, 4) is 0 Å². The Labute approximate surface area is 107 Å². The van der Waals surface area contributed by atoms with Crippen molar-refractivity contribution in [2.45, 2.75) is 38.3 Å². The first-order chi connectivity index (χ1) is 8.42. The van der Waals surface area contributed by atoms with Crippen molar-refractivity contribution >= 4 is 11.3 Å². The molecule has 2 fully saturated rings. The fourth-order valence-electron chi connectivity index (χ4n) is 2.68. The zero-order chi connectivity index (χ0) is 11.5. The molecule has 2 aliphatic rings. The molecule has 4 heteroatoms. The lowest BCUT2D eigenvalue weighted by Gasteiger charge is -2.29. The van der Waals surface area contributed by atoms with E-state index in [1.807, 2.05) is 6.20 Å². The van der Waals surface area contributed by atoms with Gasteiger partial charge in [-0.05, 0) is 44.7 Å². The van der Waals surface area contributed by atoms with Gasteiger partial charge in [0.15, 0.2) is 0 Å². The number of hydrogen-bond donors (Lipinski definition) is 1. The van der Waals surface area contributed by atoms with Crippen molar-refractivity contribution in [3.63, 3.8) is 0 Å². The Kier molecular flexibility index (Phi) is 3.74. The van der Waals surface area contributed by atoms with E-state index in [1.165, 1.54) is 50.3 Å². The smallest absolute Gasteiger partial charge is 0.107 e. The summed E-state index contributed by atoms with van der Waals surface area (Å²) in [6.07, 6.45) is 7.42. The lowest BCUT2D eigenvalue weighted by Crippen LogP contribution is -2.37. The van der Waals surface area contributed by atoms with Crippen molar-refractivity contribution in [1.82, 2.24) is 15.2 Å². The normalized spacial score (nSPS) is 22.2. The highest BCUT2D eigenvalue weighted by atomic mass is 32.1. The second kappa shape index (κ2) is 5.46. The number of thiazole rings is 1. The summed E-state index contributed by atoms with van der Waals surface area (Å²) in [5.41, 5.74) is 0. The van der Waals surface area contributed by atoms with Gasteiger partial charge in [0.1, 0.15) is 5.01 Å². The van der Waals surface area contributed by atoms with Gasteiger partial charge in [0.2, 0.25) is 0 Å². The summed E-state index contributed by atoms with van der Waals surface area (Å²) in [6, 6.07) is 0.855. The maximum Gasteiger partial charge on any atom is 0.107 e. The number of nitrogens with one attached hydrogen (secondary N) is 1. The van der Waals surface area contributed by atoms with Gasteiger partial charge in [-0.2, -0.15) is 0 Å². The van der Waals surface area contributed by atoms with E-state index < -0.39 is 0 Å². The van der Waals surface area contributed by atoms with Gasteiger partial charge in [0.25, 0.3) is 0 Å². The minimum Gasteiger partial charge on any atom is -0.317 e. The average molecular weight is 251 g/mol. The van der Waals surface area contributed by atoms with Crippen LogP contribution in [0, 0.1) is 5.92 Å². The molecule has 1 saturated carbocycles. The molecule has 3 nitrogen and oxygen atoms in total. The second-order valence-electron chi connectivity index (χ2n) is 5.28. The minimum absolute atomic E-state index is 0.855. The lowest BCUT2D eigenvalue weighted by atomic mass is 9.97. The Morgan fingerprint density at radius 2 is 2.12 bits per heavy atom. The van der Waals surface area contributed by atoms with E-state index in [4.69, 9.17) is 0 Å². The van der Waals surface area contributed by atoms with E-state index in [-0.39, 0.29) is 0 Å². The molecule has 0 bridgehead atoms. The summed E-state index contributed by atoms with van der Waals surface area (Å²) >= 11 is 1.79. The predicted molar refractivity (Wildman–Crippen MR) is 71.1 cm³/mol. The van der Waals surface area contributed by atoms with Crippen LogP contribution in [0.2, 0.25) is 0 Å². The molecule has 0 amide bonds. The molecule has 0 spiro atoms. The van der Waals surface area contributed by atoms with Crippen LogP contribution < -0.4 is 5.32 Å². The number of piperidine rings is 1. The highest BCUT2D eigenvalue weighted by Gasteiger charge is 2.31. The maximum atomic E-state index is 4.42. The van der Waals surface area contributed by atoms with Crippen LogP contribution >= 0.6 is 11.3 Å². The molecule has 17 heavy (non-hydrogen) atoms. The second-order valence-corrected chi connectivity index (χ2v) is 6.26. The number of aromatic nitrogens is 1. The Balaban J connectivity index is 1.56. The summed E-state index contributed by atoms with van der Waals surface area (Å²) < 4.78 is 0. The highest BCUT2D eigenvalue weighted by Crippen LogP contribution is 2.30. The molecular weight excluding hydrogens is 230 g/mol. The Bertz CT molecular complexity index is 328. The lowest BCUT2D eigenvalue weighted by molar-refractivity contribution is 0.190. The van der Waals surface area contributed by atoms with Crippen LogP contribution in [0.1, 0.15) is 30.7 Å². The molecule has 1 aromatic heterocycles. The molecule has 0 atom stereocenters. The monoisotopic (exact) mass is 251 g/mol. The maximum absolute atomic E-state index is 4.42. The van der Waals surface area contributed by atoms with Crippen molar-refractivity contribution in [2.24, 2.45) is 5.92 Å². The van der Waals surface area contributed by atoms with Crippen molar-refractivity contribution in [1.29, 1.82) is 0 Å². The molecular formula is C13H21N3S. The molecule has 94 valence electrons. The zero-order valence-corrected chi connectivity index (χ0v) is 11.1. The third-order valence-electron chi connectivity index (χ3n) is 3.84. The van der Waals surface area contributed by atoms with Gasteiger partial charge in [-0.25, -0.2) is 4.98 Å².